The number of aromatic nitrogens is 4. The highest BCUT2D eigenvalue weighted by atomic mass is 32.2. The number of ether oxygens (including phenoxy) is 3. The van der Waals surface area contributed by atoms with Gasteiger partial charge < -0.3 is 34.7 Å². The van der Waals surface area contributed by atoms with Gasteiger partial charge in [0.1, 0.15) is 22.8 Å². The summed E-state index contributed by atoms with van der Waals surface area (Å²) in [6.07, 6.45) is 32.8. The summed E-state index contributed by atoms with van der Waals surface area (Å²) in [5, 5.41) is 7.96. The van der Waals surface area contributed by atoms with Gasteiger partial charge in [-0.15, -0.1) is 56.7 Å². The molecule has 16 nitrogen and oxygen atoms in total. The van der Waals surface area contributed by atoms with Gasteiger partial charge in [0.05, 0.1) is 26.6 Å². The van der Waals surface area contributed by atoms with Gasteiger partial charge in [-0.1, -0.05) is 34.6 Å². The second kappa shape index (κ2) is 34.5. The molecule has 61 heavy (non-hydrogen) atoms. The van der Waals surface area contributed by atoms with Crippen LogP contribution in [0.4, 0.5) is 5.95 Å². The summed E-state index contributed by atoms with van der Waals surface area (Å²) in [5.41, 5.74) is 0.0350. The number of aromatic amines is 1. The number of terminal acetylenes is 3. The van der Waals surface area contributed by atoms with Crippen molar-refractivity contribution in [1.82, 2.24) is 34.9 Å². The number of rotatable bonds is 11. The van der Waals surface area contributed by atoms with Gasteiger partial charge in [0.15, 0.2) is 0 Å². The van der Waals surface area contributed by atoms with Gasteiger partial charge in [-0.25, -0.2) is 4.21 Å². The van der Waals surface area contributed by atoms with Crippen molar-refractivity contribution >= 4 is 46.4 Å². The number of benzene rings is 1. The summed E-state index contributed by atoms with van der Waals surface area (Å²) in [5.74, 6) is 1.25. The lowest BCUT2D eigenvalue weighted by Crippen LogP contribution is -2.43. The molecule has 3 aliphatic rings. The monoisotopic (exact) mass is 866 g/mol. The van der Waals surface area contributed by atoms with E-state index in [1.807, 2.05) is 26.0 Å². The molecule has 3 atom stereocenters. The fourth-order valence-corrected chi connectivity index (χ4v) is 5.29. The molecule has 3 heterocycles. The molecular formula is C44H66N8O8S. The van der Waals surface area contributed by atoms with E-state index in [1.54, 1.807) is 30.3 Å². The van der Waals surface area contributed by atoms with Crippen molar-refractivity contribution in [3.8, 4) is 56.3 Å². The number of pyridine rings is 1. The third-order valence-corrected chi connectivity index (χ3v) is 9.64. The molecule has 3 fully saturated rings. The molecule has 6 rings (SSSR count). The molecule has 1 aliphatic heterocycles. The largest absolute Gasteiger partial charge is 0.497 e. The van der Waals surface area contributed by atoms with Crippen LogP contribution in [0.2, 0.25) is 0 Å². The van der Waals surface area contributed by atoms with Gasteiger partial charge >= 0.3 is 12.0 Å². The van der Waals surface area contributed by atoms with Crippen molar-refractivity contribution in [3.05, 3.63) is 54.0 Å². The maximum atomic E-state index is 11.6. The number of methoxy groups -OCH3 is 3. The molecule has 2 aromatic heterocycles. The fraction of sp³-hybridized carbons (Fsp3) is 0.477. The fourth-order valence-electron chi connectivity index (χ4n) is 4.44. The highest BCUT2D eigenvalue weighted by molar-refractivity contribution is 7.84. The Hall–Kier alpha value is -6.38. The first kappa shape index (κ1) is 58.9. The van der Waals surface area contributed by atoms with E-state index >= 15 is 0 Å². The second-order valence-corrected chi connectivity index (χ2v) is 14.6. The van der Waals surface area contributed by atoms with E-state index in [-0.39, 0.29) is 46.2 Å². The Morgan fingerprint density at radius 2 is 1.48 bits per heavy atom. The number of hydrogen-bond acceptors (Lipinski definition) is 12. The van der Waals surface area contributed by atoms with Gasteiger partial charge in [0, 0.05) is 30.2 Å². The highest BCUT2D eigenvalue weighted by Gasteiger charge is 2.33. The smallest absolute Gasteiger partial charge is 0.324 e. The van der Waals surface area contributed by atoms with E-state index in [0.29, 0.717) is 23.8 Å². The lowest BCUT2D eigenvalue weighted by atomic mass is 9.88. The van der Waals surface area contributed by atoms with Gasteiger partial charge in [0.25, 0.3) is 5.56 Å². The van der Waals surface area contributed by atoms with Crippen molar-refractivity contribution in [2.75, 3.05) is 33.2 Å². The zero-order valence-electron chi connectivity index (χ0n) is 37.1. The zero-order valence-corrected chi connectivity index (χ0v) is 38.0. The number of anilines is 1. The van der Waals surface area contributed by atoms with Crippen LogP contribution in [0.3, 0.4) is 0 Å². The number of hydrogen-bond donors (Lipinski definition) is 4. The topological polar surface area (TPSA) is 207 Å². The predicted molar refractivity (Wildman–Crippen MR) is 246 cm³/mol. The van der Waals surface area contributed by atoms with Gasteiger partial charge in [0.2, 0.25) is 24.7 Å². The molecule has 17 heteroatoms. The summed E-state index contributed by atoms with van der Waals surface area (Å²) in [7, 11) is 3.54. The van der Waals surface area contributed by atoms with Gasteiger partial charge in [-0.2, -0.15) is 9.97 Å². The predicted octanol–water partition coefficient (Wildman–Crippen LogP) is 5.29. The minimum Gasteiger partial charge on any atom is -0.497 e. The lowest BCUT2D eigenvalue weighted by molar-refractivity contribution is -0.131. The number of nitrogens with zero attached hydrogens (tertiary/aromatic N) is 4. The quantitative estimate of drug-likeness (QED) is 0.110. The molecule has 0 bridgehead atoms. The zero-order chi connectivity index (χ0) is 47.6. The van der Waals surface area contributed by atoms with Crippen LogP contribution in [0.25, 0.3) is 10.8 Å². The third-order valence-electron chi connectivity index (χ3n) is 8.23. The maximum Gasteiger partial charge on any atom is 0.324 e. The van der Waals surface area contributed by atoms with E-state index in [0.717, 1.165) is 62.6 Å². The van der Waals surface area contributed by atoms with Crippen LogP contribution >= 0.6 is 0 Å². The van der Waals surface area contributed by atoms with Crippen LogP contribution in [0, 0.1) is 44.0 Å². The van der Waals surface area contributed by atoms with Crippen LogP contribution in [-0.2, 0) is 25.4 Å². The summed E-state index contributed by atoms with van der Waals surface area (Å²) in [6, 6.07) is 8.09. The second-order valence-electron chi connectivity index (χ2n) is 13.1. The Kier molecular flexibility index (Phi) is 33.3. The average Bonchev–Trinajstić information content (AvgIpc) is 4.25. The Balaban J connectivity index is -0.000000699. The van der Waals surface area contributed by atoms with E-state index in [2.05, 4.69) is 115 Å². The van der Waals surface area contributed by atoms with Crippen LogP contribution in [0.5, 0.6) is 17.8 Å². The normalized spacial score (nSPS) is 14.8. The lowest BCUT2D eigenvalue weighted by Gasteiger charge is -2.27. The number of fused-ring (bicyclic) bond motifs is 1. The number of H-pyrrole nitrogens is 1. The molecule has 3 amide bonds. The average molecular weight is 867 g/mol. The minimum absolute atomic E-state index is 0.0344. The first-order valence-electron chi connectivity index (χ1n) is 19.2. The van der Waals surface area contributed by atoms with E-state index < -0.39 is 11.0 Å². The first-order chi connectivity index (χ1) is 29.3. The van der Waals surface area contributed by atoms with Crippen LogP contribution in [0.1, 0.15) is 80.1 Å². The molecule has 1 saturated heterocycles. The Labute approximate surface area is 365 Å². The number of nitrogens with one attached hydrogen (secondary N) is 4. The molecule has 3 aromatic rings. The van der Waals surface area contributed by atoms with Crippen LogP contribution in [0.15, 0.2) is 48.4 Å². The summed E-state index contributed by atoms with van der Waals surface area (Å²) in [4.78, 5) is 59.4. The molecule has 1 aromatic carbocycles. The number of amides is 3. The summed E-state index contributed by atoms with van der Waals surface area (Å²) in [6.45, 7) is 19.2. The minimum atomic E-state index is -1.08. The number of carbonyl (C=O) groups excluding carboxylic acids is 3. The maximum absolute atomic E-state index is 11.6. The Bertz CT molecular complexity index is 1800. The van der Waals surface area contributed by atoms with Crippen LogP contribution in [-0.4, -0.2) is 99.0 Å². The van der Waals surface area contributed by atoms with Crippen molar-refractivity contribution in [2.24, 2.45) is 5.41 Å². The molecule has 0 spiro atoms. The van der Waals surface area contributed by atoms with E-state index in [1.165, 1.54) is 14.2 Å². The first-order valence-corrected chi connectivity index (χ1v) is 20.4. The molecular weight excluding hydrogens is 801 g/mol. The van der Waals surface area contributed by atoms with E-state index in [4.69, 9.17) is 14.2 Å². The summed E-state index contributed by atoms with van der Waals surface area (Å²) >= 11 is 0. The number of likely N-dealkylation sites (tertiary alicyclic amines) is 1. The highest BCUT2D eigenvalue weighted by Crippen LogP contribution is 2.25. The molecule has 4 N–H and O–H groups in total. The molecule has 2 unspecified atom stereocenters. The van der Waals surface area contributed by atoms with Gasteiger partial charge in [-0.3, -0.25) is 23.9 Å². The van der Waals surface area contributed by atoms with Crippen molar-refractivity contribution in [1.29, 1.82) is 0 Å². The van der Waals surface area contributed by atoms with Crippen LogP contribution < -0.4 is 35.1 Å². The van der Waals surface area contributed by atoms with Crippen molar-refractivity contribution in [2.45, 2.75) is 103 Å². The summed E-state index contributed by atoms with van der Waals surface area (Å²) < 4.78 is 27.8. The SMILES string of the molecule is C#C.C#C.C#C.C=C.CC.COc1ccc2c(=O)[nH]ccc2c1.COc1nc(NC(C)C(C)(C)C)nc(OC)n1.O=CN1CCC[C@H]1C(=O)NC1CC1.O=CNS(=O)C1CC1. The Morgan fingerprint density at radius 1 is 0.918 bits per heavy atom. The molecule has 0 radical (unpaired) electrons. The Morgan fingerprint density at radius 3 is 1.92 bits per heavy atom. The molecule has 336 valence electrons. The standard InChI is InChI=1S/C11H20N4O2.C10H9NO2.C9H14N2O2.C4H7NO2S.C2H6.C2H4.3C2H2/c1-7(11(2,3)4)12-8-13-9(16-5)15-10(14-8)17-6;1-13-8-2-3-9-7(6-8)4-5-11-10(9)12;12-6-11-5-1-2-8(11)9(13)10-7-3-4-7;6-3-5-8(7)4-1-2-4;5*1-2/h7H,1-6H3,(H,12,13,14,15);2-6H,1H3,(H,11,12);6-8H,1-5H2,(H,10,13);3-4H,1-2H2,(H,5,6);1-2H3;1-2H2;3*1-2H/t;;8-;;;;;;/m..0....../s1. The molecule has 2 aliphatic carbocycles. The van der Waals surface area contributed by atoms with E-state index in [9.17, 15) is 23.4 Å². The van der Waals surface area contributed by atoms with Crippen molar-refractivity contribution < 1.29 is 32.8 Å². The van der Waals surface area contributed by atoms with Crippen molar-refractivity contribution in [3.63, 3.8) is 0 Å². The molecule has 2 saturated carbocycles. The number of carbonyl (C=O) groups is 3. The van der Waals surface area contributed by atoms with Gasteiger partial charge in [-0.05, 0) is 80.5 Å². The third kappa shape index (κ3) is 23.7.